The minimum absolute atomic E-state index is 0.303. The predicted molar refractivity (Wildman–Crippen MR) is 126 cm³/mol. The molecule has 2 N–H and O–H groups in total. The molecule has 1 heterocycles. The molecule has 0 amide bonds. The summed E-state index contributed by atoms with van der Waals surface area (Å²) in [5.74, 6) is 1.67. The molecule has 1 atom stereocenters. The van der Waals surface area contributed by atoms with Crippen LogP contribution in [0.2, 0.25) is 5.02 Å². The van der Waals surface area contributed by atoms with E-state index in [9.17, 15) is 0 Å². The fourth-order valence-corrected chi connectivity index (χ4v) is 3.97. The van der Waals surface area contributed by atoms with E-state index in [0.29, 0.717) is 6.04 Å². The van der Waals surface area contributed by atoms with Crippen molar-refractivity contribution in [2.45, 2.75) is 25.6 Å². The van der Waals surface area contributed by atoms with Crippen LogP contribution in [0.5, 0.6) is 5.75 Å². The molecule has 3 rings (SSSR count). The molecule has 7 heteroatoms. The number of guanidine groups is 1. The van der Waals surface area contributed by atoms with Crippen molar-refractivity contribution in [3.8, 4) is 5.75 Å². The van der Waals surface area contributed by atoms with Crippen molar-refractivity contribution >= 4 is 23.2 Å². The fourth-order valence-electron chi connectivity index (χ4n) is 3.80. The van der Waals surface area contributed by atoms with Gasteiger partial charge >= 0.3 is 0 Å². The minimum atomic E-state index is 0.303. The molecule has 6 nitrogen and oxygen atoms in total. The van der Waals surface area contributed by atoms with Crippen LogP contribution >= 0.6 is 11.6 Å². The number of hydrogen-bond acceptors (Lipinski definition) is 4. The molecular formula is C23H32ClN5O. The Labute approximate surface area is 184 Å². The van der Waals surface area contributed by atoms with Gasteiger partial charge in [-0.2, -0.15) is 0 Å². The van der Waals surface area contributed by atoms with Crippen LogP contribution in [0, 0.1) is 0 Å². The maximum absolute atomic E-state index is 6.21. The summed E-state index contributed by atoms with van der Waals surface area (Å²) < 4.78 is 5.52. The number of methoxy groups -OCH3 is 1. The van der Waals surface area contributed by atoms with Crippen LogP contribution in [-0.4, -0.2) is 58.2 Å². The Hall–Kier alpha value is -2.44. The molecule has 1 aliphatic rings. The normalized spacial score (nSPS) is 16.8. The maximum atomic E-state index is 6.21. The monoisotopic (exact) mass is 429 g/mol. The summed E-state index contributed by atoms with van der Waals surface area (Å²) in [7, 11) is 7.68. The van der Waals surface area contributed by atoms with Gasteiger partial charge in [0.1, 0.15) is 5.75 Å². The Morgan fingerprint density at radius 1 is 1.23 bits per heavy atom. The van der Waals surface area contributed by atoms with E-state index in [2.05, 4.69) is 63.8 Å². The molecule has 0 aliphatic carbocycles. The molecule has 2 aromatic rings. The third-order valence-electron chi connectivity index (χ3n) is 5.29. The van der Waals surface area contributed by atoms with Gasteiger partial charge in [-0.05, 0) is 49.8 Å². The average Bonchev–Trinajstić information content (AvgIpc) is 3.20. The van der Waals surface area contributed by atoms with Gasteiger partial charge in [0.15, 0.2) is 5.96 Å². The molecule has 162 valence electrons. The predicted octanol–water partition coefficient (Wildman–Crippen LogP) is 3.35. The van der Waals surface area contributed by atoms with Gasteiger partial charge in [0.25, 0.3) is 0 Å². The van der Waals surface area contributed by atoms with E-state index in [1.165, 1.54) is 11.1 Å². The summed E-state index contributed by atoms with van der Waals surface area (Å²) in [6, 6.07) is 14.6. The van der Waals surface area contributed by atoms with Gasteiger partial charge in [-0.15, -0.1) is 0 Å². The van der Waals surface area contributed by atoms with Gasteiger partial charge in [0, 0.05) is 44.3 Å². The highest BCUT2D eigenvalue weighted by molar-refractivity contribution is 6.30. The highest BCUT2D eigenvalue weighted by Gasteiger charge is 2.25. The maximum Gasteiger partial charge on any atom is 0.191 e. The van der Waals surface area contributed by atoms with E-state index in [-0.39, 0.29) is 0 Å². The first-order chi connectivity index (χ1) is 14.5. The number of anilines is 1. The van der Waals surface area contributed by atoms with Gasteiger partial charge in [-0.3, -0.25) is 4.99 Å². The van der Waals surface area contributed by atoms with Gasteiger partial charge in [0.2, 0.25) is 0 Å². The summed E-state index contributed by atoms with van der Waals surface area (Å²) in [6.07, 6.45) is 1.02. The Kier molecular flexibility index (Phi) is 7.82. The summed E-state index contributed by atoms with van der Waals surface area (Å²) in [6.45, 7) is 3.47. The van der Waals surface area contributed by atoms with Crippen molar-refractivity contribution in [2.24, 2.45) is 4.99 Å². The zero-order chi connectivity index (χ0) is 21.5. The summed E-state index contributed by atoms with van der Waals surface area (Å²) in [5.41, 5.74) is 3.64. The molecule has 1 aliphatic heterocycles. The van der Waals surface area contributed by atoms with Crippen LogP contribution in [0.4, 0.5) is 5.69 Å². The van der Waals surface area contributed by atoms with Crippen molar-refractivity contribution < 1.29 is 4.74 Å². The number of rotatable bonds is 7. The molecule has 1 unspecified atom stereocenters. The van der Waals surface area contributed by atoms with Gasteiger partial charge in [0.05, 0.1) is 12.8 Å². The average molecular weight is 430 g/mol. The lowest BCUT2D eigenvalue weighted by molar-refractivity contribution is 0.400. The van der Waals surface area contributed by atoms with Crippen LogP contribution in [0.1, 0.15) is 17.5 Å². The zero-order valence-electron chi connectivity index (χ0n) is 18.3. The second-order valence-corrected chi connectivity index (χ2v) is 8.26. The van der Waals surface area contributed by atoms with E-state index < -0.39 is 0 Å². The summed E-state index contributed by atoms with van der Waals surface area (Å²) in [5, 5.41) is 7.75. The number of nitrogens with one attached hydrogen (secondary N) is 2. The van der Waals surface area contributed by atoms with Crippen molar-refractivity contribution in [1.82, 2.24) is 15.5 Å². The molecule has 1 saturated heterocycles. The van der Waals surface area contributed by atoms with Crippen molar-refractivity contribution in [3.05, 3.63) is 58.6 Å². The summed E-state index contributed by atoms with van der Waals surface area (Å²) >= 11 is 6.21. The molecule has 1 fully saturated rings. The van der Waals surface area contributed by atoms with E-state index in [0.717, 1.165) is 55.0 Å². The van der Waals surface area contributed by atoms with Crippen molar-refractivity contribution in [2.75, 3.05) is 46.2 Å². The minimum Gasteiger partial charge on any atom is -0.495 e. The standard InChI is InChI=1S/C23H32ClN5O/c1-25-23(26-14-17-7-5-6-8-18(17)15-28(2)3)27-20-11-12-29(16-20)21-13-19(24)9-10-22(21)30-4/h5-10,13,20H,11-12,14-16H2,1-4H3,(H2,25,26,27). The highest BCUT2D eigenvalue weighted by Crippen LogP contribution is 2.33. The Bertz CT molecular complexity index is 870. The van der Waals surface area contributed by atoms with Crippen molar-refractivity contribution in [1.29, 1.82) is 0 Å². The third kappa shape index (κ3) is 5.80. The SMILES string of the molecule is CN=C(NCc1ccccc1CN(C)C)NC1CCN(c2cc(Cl)ccc2OC)C1. The van der Waals surface area contributed by atoms with Gasteiger partial charge < -0.3 is 25.2 Å². The van der Waals surface area contributed by atoms with Crippen LogP contribution in [0.3, 0.4) is 0 Å². The van der Waals surface area contributed by atoms with E-state index >= 15 is 0 Å². The summed E-state index contributed by atoms with van der Waals surface area (Å²) in [4.78, 5) is 8.91. The van der Waals surface area contributed by atoms with Crippen LogP contribution in [-0.2, 0) is 13.1 Å². The molecule has 0 aromatic heterocycles. The second-order valence-electron chi connectivity index (χ2n) is 7.82. The van der Waals surface area contributed by atoms with Crippen LogP contribution in [0.15, 0.2) is 47.5 Å². The molecular weight excluding hydrogens is 398 g/mol. The molecule has 0 bridgehead atoms. The number of aliphatic imine (C=N–C) groups is 1. The number of nitrogens with zero attached hydrogens (tertiary/aromatic N) is 3. The second kappa shape index (κ2) is 10.5. The zero-order valence-corrected chi connectivity index (χ0v) is 19.0. The van der Waals surface area contributed by atoms with Crippen molar-refractivity contribution in [3.63, 3.8) is 0 Å². The molecule has 0 saturated carbocycles. The Balaban J connectivity index is 1.58. The largest absolute Gasteiger partial charge is 0.495 e. The van der Waals surface area contributed by atoms with Gasteiger partial charge in [-0.1, -0.05) is 35.9 Å². The first-order valence-corrected chi connectivity index (χ1v) is 10.6. The number of halogens is 1. The lowest BCUT2D eigenvalue weighted by atomic mass is 10.1. The van der Waals surface area contributed by atoms with Crippen LogP contribution < -0.4 is 20.3 Å². The first-order valence-electron chi connectivity index (χ1n) is 10.3. The molecule has 30 heavy (non-hydrogen) atoms. The van der Waals surface area contributed by atoms with Crippen LogP contribution in [0.25, 0.3) is 0 Å². The number of ether oxygens (including phenoxy) is 1. The highest BCUT2D eigenvalue weighted by atomic mass is 35.5. The Morgan fingerprint density at radius 2 is 2.00 bits per heavy atom. The van der Waals surface area contributed by atoms with E-state index in [1.807, 2.05) is 25.2 Å². The lowest BCUT2D eigenvalue weighted by Crippen LogP contribution is -2.44. The smallest absolute Gasteiger partial charge is 0.191 e. The number of hydrogen-bond donors (Lipinski definition) is 2. The number of benzene rings is 2. The lowest BCUT2D eigenvalue weighted by Gasteiger charge is -2.22. The fraction of sp³-hybridized carbons (Fsp3) is 0.435. The molecule has 0 spiro atoms. The van der Waals surface area contributed by atoms with E-state index in [4.69, 9.17) is 16.3 Å². The quantitative estimate of drug-likeness (QED) is 0.522. The van der Waals surface area contributed by atoms with Gasteiger partial charge in [-0.25, -0.2) is 0 Å². The topological polar surface area (TPSA) is 52.1 Å². The van der Waals surface area contributed by atoms with E-state index in [1.54, 1.807) is 7.11 Å². The molecule has 2 aromatic carbocycles. The Morgan fingerprint density at radius 3 is 2.70 bits per heavy atom. The molecule has 0 radical (unpaired) electrons. The first kappa shape index (κ1) is 22.2. The third-order valence-corrected chi connectivity index (χ3v) is 5.52.